The first-order valence-corrected chi connectivity index (χ1v) is 14.9. The van der Waals surface area contributed by atoms with Crippen molar-refractivity contribution in [3.05, 3.63) is 80.8 Å². The van der Waals surface area contributed by atoms with Gasteiger partial charge in [0.25, 0.3) is 0 Å². The lowest BCUT2D eigenvalue weighted by atomic mass is 9.94. The first kappa shape index (κ1) is 28.0. The lowest BCUT2D eigenvalue weighted by Gasteiger charge is -2.15. The molecule has 2 aromatic heterocycles. The predicted octanol–water partition coefficient (Wildman–Crippen LogP) is 5.33. The maximum Gasteiger partial charge on any atom is 0.230 e. The third-order valence-electron chi connectivity index (χ3n) is 6.84. The van der Waals surface area contributed by atoms with Crippen molar-refractivity contribution >= 4 is 44.8 Å². The number of rotatable bonds is 8. The molecule has 41 heavy (non-hydrogen) atoms. The molecular formula is C29H26N8O2S2. The molecule has 1 aliphatic rings. The molecule has 1 saturated carbocycles. The Bertz CT molecular complexity index is 1510. The van der Waals surface area contributed by atoms with E-state index in [0.717, 1.165) is 53.2 Å². The highest BCUT2D eigenvalue weighted by molar-refractivity contribution is 7.15. The average Bonchev–Trinajstić information content (AvgIpc) is 3.56. The summed E-state index contributed by atoms with van der Waals surface area (Å²) in [4.78, 5) is 25.1. The van der Waals surface area contributed by atoms with Gasteiger partial charge in [0.1, 0.15) is 10.0 Å². The first-order chi connectivity index (χ1) is 20.0. The molecule has 2 N–H and O–H groups in total. The summed E-state index contributed by atoms with van der Waals surface area (Å²) >= 11 is 2.79. The molecular weight excluding hydrogens is 557 g/mol. The van der Waals surface area contributed by atoms with Crippen LogP contribution in [0.25, 0.3) is 0 Å². The Morgan fingerprint density at radius 1 is 0.756 bits per heavy atom. The molecule has 0 aliphatic heterocycles. The van der Waals surface area contributed by atoms with Crippen LogP contribution in [0.1, 0.15) is 76.2 Å². The highest BCUT2D eigenvalue weighted by Gasteiger charge is 2.28. The Morgan fingerprint density at radius 2 is 1.22 bits per heavy atom. The minimum atomic E-state index is -0.206. The summed E-state index contributed by atoms with van der Waals surface area (Å²) < 4.78 is 0. The van der Waals surface area contributed by atoms with Crippen LogP contribution in [-0.2, 0) is 22.4 Å². The maximum atomic E-state index is 12.6. The predicted molar refractivity (Wildman–Crippen MR) is 155 cm³/mol. The van der Waals surface area contributed by atoms with E-state index in [2.05, 4.69) is 43.2 Å². The van der Waals surface area contributed by atoms with Gasteiger partial charge in [0, 0.05) is 11.8 Å². The van der Waals surface area contributed by atoms with Gasteiger partial charge in [-0.25, -0.2) is 0 Å². The number of hydrogen-bond acceptors (Lipinski definition) is 10. The Morgan fingerprint density at radius 3 is 1.66 bits per heavy atom. The molecule has 2 heterocycles. The molecule has 1 fully saturated rings. The number of carbonyl (C=O) groups is 2. The fourth-order valence-corrected chi connectivity index (χ4v) is 6.72. The Balaban J connectivity index is 1.18. The number of amides is 2. The lowest BCUT2D eigenvalue weighted by molar-refractivity contribution is -0.116. The van der Waals surface area contributed by atoms with Crippen LogP contribution in [0, 0.1) is 22.7 Å². The van der Waals surface area contributed by atoms with Crippen LogP contribution in [0.15, 0.2) is 48.5 Å². The summed E-state index contributed by atoms with van der Waals surface area (Å²) in [6.07, 6.45) is 5.21. The fraction of sp³-hybridized carbons (Fsp3) is 0.310. The normalized spacial score (nSPS) is 16.6. The second kappa shape index (κ2) is 13.2. The van der Waals surface area contributed by atoms with Crippen LogP contribution in [0.5, 0.6) is 0 Å². The molecule has 0 bridgehead atoms. The van der Waals surface area contributed by atoms with Gasteiger partial charge < -0.3 is 10.6 Å². The second-order valence-electron chi connectivity index (χ2n) is 9.88. The largest absolute Gasteiger partial charge is 0.300 e. The Kier molecular flexibility index (Phi) is 9.04. The van der Waals surface area contributed by atoms with Gasteiger partial charge in [0.2, 0.25) is 22.1 Å². The third kappa shape index (κ3) is 7.57. The smallest absolute Gasteiger partial charge is 0.230 e. The van der Waals surface area contributed by atoms with Crippen molar-refractivity contribution in [2.24, 2.45) is 0 Å². The Labute approximate surface area is 245 Å². The van der Waals surface area contributed by atoms with Crippen molar-refractivity contribution in [2.75, 3.05) is 10.6 Å². The SMILES string of the molecule is N#Cc1cccc(CC(=O)Nc2nnc(C3CCCCC(c4nnc(NC(=O)Cc5cccc(C#N)c5)s4)C3)s2)c1. The molecule has 0 radical (unpaired) electrons. The van der Waals surface area contributed by atoms with E-state index in [1.165, 1.54) is 22.7 Å². The second-order valence-corrected chi connectivity index (χ2v) is 11.9. The summed E-state index contributed by atoms with van der Waals surface area (Å²) in [6.45, 7) is 0. The van der Waals surface area contributed by atoms with Crippen LogP contribution in [0.2, 0.25) is 0 Å². The van der Waals surface area contributed by atoms with Gasteiger partial charge in [-0.15, -0.1) is 20.4 Å². The van der Waals surface area contributed by atoms with E-state index in [1.807, 2.05) is 12.1 Å². The van der Waals surface area contributed by atoms with Crippen LogP contribution in [0.4, 0.5) is 10.3 Å². The van der Waals surface area contributed by atoms with E-state index in [0.29, 0.717) is 21.4 Å². The molecule has 10 nitrogen and oxygen atoms in total. The average molecular weight is 583 g/mol. The molecule has 0 spiro atoms. The lowest BCUT2D eigenvalue weighted by Crippen LogP contribution is -2.14. The van der Waals surface area contributed by atoms with Gasteiger partial charge in [-0.2, -0.15) is 10.5 Å². The van der Waals surface area contributed by atoms with Gasteiger partial charge in [-0.1, -0.05) is 59.8 Å². The minimum absolute atomic E-state index is 0.151. The summed E-state index contributed by atoms with van der Waals surface area (Å²) in [5, 5.41) is 43.7. The van der Waals surface area contributed by atoms with E-state index in [4.69, 9.17) is 10.5 Å². The van der Waals surface area contributed by atoms with Crippen molar-refractivity contribution in [1.82, 2.24) is 20.4 Å². The monoisotopic (exact) mass is 582 g/mol. The summed E-state index contributed by atoms with van der Waals surface area (Å²) in [7, 11) is 0. The van der Waals surface area contributed by atoms with E-state index in [1.54, 1.807) is 36.4 Å². The molecule has 2 unspecified atom stereocenters. The molecule has 1 aliphatic carbocycles. The first-order valence-electron chi connectivity index (χ1n) is 13.2. The van der Waals surface area contributed by atoms with Gasteiger partial charge >= 0.3 is 0 Å². The number of nitriles is 2. The number of nitrogens with one attached hydrogen (secondary N) is 2. The van der Waals surface area contributed by atoms with Gasteiger partial charge in [0.05, 0.1) is 36.1 Å². The van der Waals surface area contributed by atoms with E-state index < -0.39 is 0 Å². The number of carbonyl (C=O) groups excluding carboxylic acids is 2. The maximum absolute atomic E-state index is 12.6. The van der Waals surface area contributed by atoms with Crippen molar-refractivity contribution in [1.29, 1.82) is 10.5 Å². The van der Waals surface area contributed by atoms with Gasteiger partial charge in [0.15, 0.2) is 0 Å². The number of anilines is 2. The van der Waals surface area contributed by atoms with Crippen LogP contribution < -0.4 is 10.6 Å². The van der Waals surface area contributed by atoms with Crippen LogP contribution in [0.3, 0.4) is 0 Å². The van der Waals surface area contributed by atoms with Crippen molar-refractivity contribution in [2.45, 2.75) is 56.8 Å². The van der Waals surface area contributed by atoms with E-state index in [-0.39, 0.29) is 36.5 Å². The van der Waals surface area contributed by atoms with E-state index >= 15 is 0 Å². The van der Waals surface area contributed by atoms with E-state index in [9.17, 15) is 9.59 Å². The third-order valence-corrected chi connectivity index (χ3v) is 8.84. The number of hydrogen-bond donors (Lipinski definition) is 2. The molecule has 0 saturated heterocycles. The molecule has 5 rings (SSSR count). The molecule has 2 atom stereocenters. The number of nitrogens with zero attached hydrogens (tertiary/aromatic N) is 6. The Hall–Kier alpha value is -4.52. The molecule has 4 aromatic rings. The molecule has 12 heteroatoms. The number of aromatic nitrogens is 4. The van der Waals surface area contributed by atoms with Crippen molar-refractivity contribution in [3.8, 4) is 12.1 Å². The molecule has 2 aromatic carbocycles. The highest BCUT2D eigenvalue weighted by Crippen LogP contribution is 2.42. The zero-order valence-corrected chi connectivity index (χ0v) is 23.7. The molecule has 206 valence electrons. The van der Waals surface area contributed by atoms with Crippen LogP contribution in [-0.4, -0.2) is 32.2 Å². The van der Waals surface area contributed by atoms with Crippen molar-refractivity contribution < 1.29 is 9.59 Å². The highest BCUT2D eigenvalue weighted by atomic mass is 32.1. The van der Waals surface area contributed by atoms with Crippen molar-refractivity contribution in [3.63, 3.8) is 0 Å². The summed E-state index contributed by atoms with van der Waals surface area (Å²) in [5.74, 6) is -0.0369. The van der Waals surface area contributed by atoms with Gasteiger partial charge in [-0.3, -0.25) is 9.59 Å². The summed E-state index contributed by atoms with van der Waals surface area (Å²) in [6, 6.07) is 18.1. The van der Waals surface area contributed by atoms with Gasteiger partial charge in [-0.05, 0) is 54.7 Å². The zero-order valence-electron chi connectivity index (χ0n) is 22.0. The standard InChI is InChI=1S/C29H26N8O2S2/c30-16-20-7-3-5-18(11-20)13-24(38)32-28-36-34-26(40-28)22-9-1-2-10-23(15-22)27-35-37-29(41-27)33-25(39)14-19-6-4-8-21(12-19)17-31/h3-8,11-12,22-23H,1-2,9-10,13-15H2,(H,32,36,38)(H,33,37,39). The minimum Gasteiger partial charge on any atom is -0.300 e. The molecule has 2 amide bonds. The topological polar surface area (TPSA) is 157 Å². The summed E-state index contributed by atoms with van der Waals surface area (Å²) in [5.41, 5.74) is 2.56. The zero-order chi connectivity index (χ0) is 28.6. The number of benzene rings is 2. The fourth-order valence-electron chi connectivity index (χ4n) is 4.91. The quantitative estimate of drug-likeness (QED) is 0.264. The van der Waals surface area contributed by atoms with Crippen LogP contribution >= 0.6 is 22.7 Å².